The topological polar surface area (TPSA) is 66.0 Å². The predicted molar refractivity (Wildman–Crippen MR) is 106 cm³/mol. The number of pyridine rings is 1. The lowest BCUT2D eigenvalue weighted by atomic mass is 10.1. The zero-order valence-corrected chi connectivity index (χ0v) is 16.0. The molecule has 0 aliphatic carbocycles. The van der Waals surface area contributed by atoms with Gasteiger partial charge in [-0.2, -0.15) is 0 Å². The summed E-state index contributed by atoms with van der Waals surface area (Å²) in [6.45, 7) is 6.40. The van der Waals surface area contributed by atoms with Gasteiger partial charge in [-0.05, 0) is 42.7 Å². The van der Waals surface area contributed by atoms with Crippen LogP contribution in [0.2, 0.25) is 0 Å². The zero-order chi connectivity index (χ0) is 16.2. The number of nitrogens with zero attached hydrogens (tertiary/aromatic N) is 1. The first-order chi connectivity index (χ1) is 11.1. The first-order valence-corrected chi connectivity index (χ1v) is 7.94. The van der Waals surface area contributed by atoms with Gasteiger partial charge in [0.2, 0.25) is 0 Å². The Morgan fingerprint density at radius 3 is 2.72 bits per heavy atom. The van der Waals surface area contributed by atoms with Crippen LogP contribution in [0.1, 0.15) is 40.9 Å². The number of amides is 1. The maximum Gasteiger partial charge on any atom is 0.255 e. The van der Waals surface area contributed by atoms with Crippen molar-refractivity contribution in [2.24, 2.45) is 0 Å². The molecule has 3 rings (SSSR count). The van der Waals surface area contributed by atoms with Crippen LogP contribution in [0.25, 0.3) is 0 Å². The van der Waals surface area contributed by atoms with Crippen LogP contribution in [0.4, 0.5) is 5.82 Å². The van der Waals surface area contributed by atoms with Crippen molar-refractivity contribution in [3.05, 3.63) is 58.8 Å². The van der Waals surface area contributed by atoms with Crippen LogP contribution in [0, 0.1) is 0 Å². The molecule has 0 unspecified atom stereocenters. The maximum atomic E-state index is 12.5. The number of benzene rings is 1. The third-order valence-electron chi connectivity index (χ3n) is 3.83. The number of rotatable bonds is 5. The summed E-state index contributed by atoms with van der Waals surface area (Å²) >= 11 is 0. The van der Waals surface area contributed by atoms with Crippen molar-refractivity contribution in [2.45, 2.75) is 39.5 Å². The van der Waals surface area contributed by atoms with Crippen molar-refractivity contribution in [2.75, 3.05) is 5.32 Å². The van der Waals surface area contributed by atoms with Gasteiger partial charge in [-0.15, -0.1) is 24.8 Å². The Morgan fingerprint density at radius 2 is 1.96 bits per heavy atom. The molecule has 0 saturated carbocycles. The first kappa shape index (κ1) is 21.2. The lowest BCUT2D eigenvalue weighted by molar-refractivity contribution is 0.0951. The molecule has 2 heterocycles. The molecule has 3 N–H and O–H groups in total. The van der Waals surface area contributed by atoms with E-state index in [1.807, 2.05) is 13.8 Å². The van der Waals surface area contributed by atoms with Crippen molar-refractivity contribution in [3.63, 3.8) is 0 Å². The third-order valence-corrected chi connectivity index (χ3v) is 3.83. The maximum absolute atomic E-state index is 12.5. The van der Waals surface area contributed by atoms with E-state index in [9.17, 15) is 4.79 Å². The molecule has 0 fully saturated rings. The van der Waals surface area contributed by atoms with E-state index in [0.29, 0.717) is 17.9 Å². The number of hydrogen-bond acceptors (Lipinski definition) is 4. The second-order valence-electron chi connectivity index (χ2n) is 6.09. The lowest BCUT2D eigenvalue weighted by Crippen LogP contribution is -2.25. The highest BCUT2D eigenvalue weighted by molar-refractivity contribution is 5.98. The fourth-order valence-corrected chi connectivity index (χ4v) is 2.71. The standard InChI is InChI=1S/C18H22N4O.2ClH/c1-12(2)22-17-16(4-3-7-20-17)18(23)21-9-13-5-6-14-10-19-11-15(14)8-13;;/h3-8,12,19H,9-11H2,1-2H3,(H,20,22)(H,21,23);2*1H. The Balaban J connectivity index is 0.00000156. The van der Waals surface area contributed by atoms with Crippen LogP contribution >= 0.6 is 24.8 Å². The van der Waals surface area contributed by atoms with Gasteiger partial charge in [-0.25, -0.2) is 4.98 Å². The molecule has 1 amide bonds. The normalized spacial score (nSPS) is 12.0. The van der Waals surface area contributed by atoms with Gasteiger partial charge < -0.3 is 16.0 Å². The minimum Gasteiger partial charge on any atom is -0.367 e. The zero-order valence-electron chi connectivity index (χ0n) is 14.3. The molecule has 1 aliphatic heterocycles. The smallest absolute Gasteiger partial charge is 0.255 e. The third kappa shape index (κ3) is 5.33. The number of anilines is 1. The fourth-order valence-electron chi connectivity index (χ4n) is 2.71. The number of aromatic nitrogens is 1. The molecule has 2 aromatic rings. The summed E-state index contributed by atoms with van der Waals surface area (Å²) in [4.78, 5) is 16.7. The van der Waals surface area contributed by atoms with Crippen LogP contribution in [0.5, 0.6) is 0 Å². The molecule has 0 spiro atoms. The van der Waals surface area contributed by atoms with Gasteiger partial charge in [0.15, 0.2) is 0 Å². The average Bonchev–Trinajstić information content (AvgIpc) is 3.00. The molecule has 7 heteroatoms. The summed E-state index contributed by atoms with van der Waals surface area (Å²) in [5, 5.41) is 9.51. The Morgan fingerprint density at radius 1 is 1.20 bits per heavy atom. The van der Waals surface area contributed by atoms with E-state index in [1.165, 1.54) is 11.1 Å². The molecular weight excluding hydrogens is 359 g/mol. The Kier molecular flexibility index (Phi) is 8.16. The molecular formula is C18H24Cl2N4O. The highest BCUT2D eigenvalue weighted by atomic mass is 35.5. The van der Waals surface area contributed by atoms with Crippen molar-refractivity contribution in [1.29, 1.82) is 0 Å². The summed E-state index contributed by atoms with van der Waals surface area (Å²) in [5.41, 5.74) is 4.35. The van der Waals surface area contributed by atoms with Gasteiger partial charge in [0, 0.05) is 31.9 Å². The second-order valence-corrected chi connectivity index (χ2v) is 6.09. The van der Waals surface area contributed by atoms with E-state index in [2.05, 4.69) is 39.1 Å². The van der Waals surface area contributed by atoms with Gasteiger partial charge >= 0.3 is 0 Å². The van der Waals surface area contributed by atoms with Crippen LogP contribution in [-0.2, 0) is 19.6 Å². The minimum absolute atomic E-state index is 0. The average molecular weight is 383 g/mol. The van der Waals surface area contributed by atoms with E-state index in [4.69, 9.17) is 0 Å². The first-order valence-electron chi connectivity index (χ1n) is 7.94. The molecule has 1 aliphatic rings. The van der Waals surface area contributed by atoms with Gasteiger partial charge in [0.1, 0.15) is 5.82 Å². The van der Waals surface area contributed by atoms with E-state index < -0.39 is 0 Å². The summed E-state index contributed by atoms with van der Waals surface area (Å²) in [6.07, 6.45) is 1.69. The fraction of sp³-hybridized carbons (Fsp3) is 0.333. The van der Waals surface area contributed by atoms with Crippen molar-refractivity contribution in [1.82, 2.24) is 15.6 Å². The van der Waals surface area contributed by atoms with E-state index in [-0.39, 0.29) is 36.8 Å². The summed E-state index contributed by atoms with van der Waals surface area (Å²) in [5.74, 6) is 0.512. The molecule has 0 bridgehead atoms. The van der Waals surface area contributed by atoms with Crippen LogP contribution in [0.15, 0.2) is 36.5 Å². The van der Waals surface area contributed by atoms with E-state index in [0.717, 1.165) is 18.7 Å². The minimum atomic E-state index is -0.111. The Hall–Kier alpha value is -1.82. The molecule has 1 aromatic heterocycles. The summed E-state index contributed by atoms with van der Waals surface area (Å²) in [7, 11) is 0. The number of nitrogens with one attached hydrogen (secondary N) is 3. The van der Waals surface area contributed by atoms with Crippen LogP contribution in [0.3, 0.4) is 0 Å². The van der Waals surface area contributed by atoms with Gasteiger partial charge in [0.05, 0.1) is 5.56 Å². The molecule has 5 nitrogen and oxygen atoms in total. The molecule has 1 aromatic carbocycles. The Bertz CT molecular complexity index is 722. The van der Waals surface area contributed by atoms with Crippen molar-refractivity contribution < 1.29 is 4.79 Å². The summed E-state index contributed by atoms with van der Waals surface area (Å²) in [6, 6.07) is 10.2. The number of halogens is 2. The highest BCUT2D eigenvalue weighted by Crippen LogP contribution is 2.17. The summed E-state index contributed by atoms with van der Waals surface area (Å²) < 4.78 is 0. The molecule has 0 radical (unpaired) electrons. The van der Waals surface area contributed by atoms with Gasteiger partial charge in [0.25, 0.3) is 5.91 Å². The quantitative estimate of drug-likeness (QED) is 0.742. The van der Waals surface area contributed by atoms with Gasteiger partial charge in [-0.3, -0.25) is 4.79 Å². The van der Waals surface area contributed by atoms with E-state index in [1.54, 1.807) is 18.3 Å². The SMILES string of the molecule is CC(C)Nc1ncccc1C(=O)NCc1ccc2c(c1)CNC2.Cl.Cl. The largest absolute Gasteiger partial charge is 0.367 e. The van der Waals surface area contributed by atoms with Crippen molar-refractivity contribution in [3.8, 4) is 0 Å². The van der Waals surface area contributed by atoms with Crippen LogP contribution in [-0.4, -0.2) is 16.9 Å². The van der Waals surface area contributed by atoms with Crippen molar-refractivity contribution >= 4 is 36.5 Å². The highest BCUT2D eigenvalue weighted by Gasteiger charge is 2.14. The number of fused-ring (bicyclic) bond motifs is 1. The second kappa shape index (κ2) is 9.61. The van der Waals surface area contributed by atoms with E-state index >= 15 is 0 Å². The predicted octanol–water partition coefficient (Wildman–Crippen LogP) is 3.28. The Labute approximate surface area is 160 Å². The van der Waals surface area contributed by atoms with Crippen LogP contribution < -0.4 is 16.0 Å². The number of carbonyl (C=O) groups is 1. The number of carbonyl (C=O) groups excluding carboxylic acids is 1. The molecule has 0 atom stereocenters. The molecule has 0 saturated heterocycles. The molecule has 136 valence electrons. The number of hydrogen-bond donors (Lipinski definition) is 3. The monoisotopic (exact) mass is 382 g/mol. The molecule has 25 heavy (non-hydrogen) atoms. The van der Waals surface area contributed by atoms with Gasteiger partial charge in [-0.1, -0.05) is 18.2 Å². The lowest BCUT2D eigenvalue weighted by Gasteiger charge is -2.13.